The molecule has 0 saturated heterocycles. The van der Waals surface area contributed by atoms with Crippen molar-refractivity contribution < 1.29 is 18.7 Å². The molecule has 144 valence electrons. The fourth-order valence-electron chi connectivity index (χ4n) is 6.95. The fraction of sp³-hybridized carbons (Fsp3) is 0.818. The van der Waals surface area contributed by atoms with Gasteiger partial charge in [0.25, 0.3) is 0 Å². The molecular formula is C22H31FO3. The Morgan fingerprint density at radius 3 is 2.73 bits per heavy atom. The zero-order valence-corrected chi connectivity index (χ0v) is 16.2. The zero-order chi connectivity index (χ0) is 18.7. The van der Waals surface area contributed by atoms with E-state index in [0.717, 1.165) is 37.7 Å². The van der Waals surface area contributed by atoms with Crippen LogP contribution in [0, 0.1) is 28.6 Å². The lowest BCUT2D eigenvalue weighted by molar-refractivity contribution is -0.160. The smallest absolute Gasteiger partial charge is 0.305 e. The van der Waals surface area contributed by atoms with E-state index in [4.69, 9.17) is 4.74 Å². The molecule has 4 heteroatoms. The second-order valence-electron chi connectivity index (χ2n) is 9.52. The highest BCUT2D eigenvalue weighted by molar-refractivity contribution is 5.91. The number of hydrogen-bond donors (Lipinski definition) is 0. The Morgan fingerprint density at radius 1 is 1.23 bits per heavy atom. The molecule has 3 fully saturated rings. The Labute approximate surface area is 155 Å². The molecule has 0 heterocycles. The van der Waals surface area contributed by atoms with E-state index >= 15 is 4.39 Å². The summed E-state index contributed by atoms with van der Waals surface area (Å²) in [5.41, 5.74) is 0.578. The average molecular weight is 362 g/mol. The van der Waals surface area contributed by atoms with Gasteiger partial charge in [-0.1, -0.05) is 20.8 Å². The van der Waals surface area contributed by atoms with Crippen LogP contribution in [-0.2, 0) is 14.3 Å². The number of halogens is 1. The average Bonchev–Trinajstić information content (AvgIpc) is 2.93. The third-order valence-electron chi connectivity index (χ3n) is 8.41. The third-order valence-corrected chi connectivity index (χ3v) is 8.41. The number of alkyl halides is 1. The number of ether oxygens (including phenoxy) is 1. The maximum atomic E-state index is 15.1. The lowest BCUT2D eigenvalue weighted by Crippen LogP contribution is -2.54. The molecule has 0 radical (unpaired) electrons. The fourth-order valence-corrected chi connectivity index (χ4v) is 6.95. The van der Waals surface area contributed by atoms with E-state index in [2.05, 4.69) is 13.8 Å². The molecule has 0 aromatic carbocycles. The van der Waals surface area contributed by atoms with Crippen LogP contribution >= 0.6 is 0 Å². The lowest BCUT2D eigenvalue weighted by atomic mass is 9.47. The van der Waals surface area contributed by atoms with Crippen LogP contribution in [0.15, 0.2) is 11.6 Å². The van der Waals surface area contributed by atoms with E-state index in [9.17, 15) is 9.59 Å². The monoisotopic (exact) mass is 362 g/mol. The summed E-state index contributed by atoms with van der Waals surface area (Å²) in [4.78, 5) is 23.7. The molecule has 0 unspecified atom stereocenters. The quantitative estimate of drug-likeness (QED) is 0.664. The van der Waals surface area contributed by atoms with Gasteiger partial charge in [-0.05, 0) is 73.3 Å². The van der Waals surface area contributed by atoms with Gasteiger partial charge in [-0.25, -0.2) is 4.39 Å². The first-order chi connectivity index (χ1) is 12.3. The van der Waals surface area contributed by atoms with Gasteiger partial charge in [0.1, 0.15) is 12.3 Å². The van der Waals surface area contributed by atoms with Crippen molar-refractivity contribution in [3.8, 4) is 0 Å². The predicted octanol–water partition coefficient (Wildman–Crippen LogP) is 4.79. The van der Waals surface area contributed by atoms with Crippen LogP contribution in [0.25, 0.3) is 0 Å². The van der Waals surface area contributed by atoms with Gasteiger partial charge in [-0.15, -0.1) is 0 Å². The van der Waals surface area contributed by atoms with Crippen LogP contribution in [0.3, 0.4) is 0 Å². The van der Waals surface area contributed by atoms with E-state index in [1.54, 1.807) is 6.08 Å². The molecule has 0 spiro atoms. The molecule has 3 nitrogen and oxygen atoms in total. The number of fused-ring (bicyclic) bond motifs is 5. The number of hydrogen-bond acceptors (Lipinski definition) is 3. The minimum Gasteiger partial charge on any atom is -0.462 e. The van der Waals surface area contributed by atoms with E-state index in [0.29, 0.717) is 37.0 Å². The van der Waals surface area contributed by atoms with Crippen LogP contribution in [0.5, 0.6) is 0 Å². The van der Waals surface area contributed by atoms with Gasteiger partial charge in [0.05, 0.1) is 0 Å². The van der Waals surface area contributed by atoms with Crippen LogP contribution in [0.2, 0.25) is 0 Å². The molecule has 0 N–H and O–H groups in total. The predicted molar refractivity (Wildman–Crippen MR) is 97.2 cm³/mol. The molecular weight excluding hydrogens is 331 g/mol. The van der Waals surface area contributed by atoms with Crippen molar-refractivity contribution in [3.63, 3.8) is 0 Å². The van der Waals surface area contributed by atoms with E-state index in [1.165, 1.54) is 0 Å². The Hall–Kier alpha value is -1.19. The lowest BCUT2D eigenvalue weighted by Gasteiger charge is -2.58. The van der Waals surface area contributed by atoms with Crippen molar-refractivity contribution in [3.05, 3.63) is 11.6 Å². The van der Waals surface area contributed by atoms with Crippen molar-refractivity contribution in [2.75, 3.05) is 0 Å². The van der Waals surface area contributed by atoms with Crippen molar-refractivity contribution in [1.29, 1.82) is 0 Å². The van der Waals surface area contributed by atoms with Gasteiger partial charge in [0, 0.05) is 18.3 Å². The SMILES string of the molecule is CCC(=O)O[C@@H]1CC[C@H]2[C@@H]3C[C@@H](F)C4=CC(=O)CC[C@]4(C)[C@H]3CC[C@]12C. The number of ketones is 1. The maximum Gasteiger partial charge on any atom is 0.305 e. The molecule has 0 bridgehead atoms. The molecule has 7 atom stereocenters. The number of carbonyl (C=O) groups is 2. The summed E-state index contributed by atoms with van der Waals surface area (Å²) >= 11 is 0. The highest BCUT2D eigenvalue weighted by Crippen LogP contribution is 2.66. The Balaban J connectivity index is 1.63. The van der Waals surface area contributed by atoms with Gasteiger partial charge in [0.2, 0.25) is 0 Å². The number of allylic oxidation sites excluding steroid dienone is 1. The molecule has 0 aromatic heterocycles. The highest BCUT2D eigenvalue weighted by Gasteiger charge is 2.61. The summed E-state index contributed by atoms with van der Waals surface area (Å²) in [6, 6.07) is 0. The Bertz CT molecular complexity index is 656. The van der Waals surface area contributed by atoms with Gasteiger partial charge >= 0.3 is 5.97 Å². The molecule has 26 heavy (non-hydrogen) atoms. The van der Waals surface area contributed by atoms with Gasteiger partial charge in [-0.2, -0.15) is 0 Å². The molecule has 3 saturated carbocycles. The van der Waals surface area contributed by atoms with Crippen molar-refractivity contribution in [2.24, 2.45) is 28.6 Å². The highest BCUT2D eigenvalue weighted by atomic mass is 19.1. The maximum absolute atomic E-state index is 15.1. The third kappa shape index (κ3) is 2.51. The second-order valence-corrected chi connectivity index (χ2v) is 9.52. The summed E-state index contributed by atoms with van der Waals surface area (Å²) in [6.07, 6.45) is 6.92. The zero-order valence-electron chi connectivity index (χ0n) is 16.2. The largest absolute Gasteiger partial charge is 0.462 e. The van der Waals surface area contributed by atoms with Crippen molar-refractivity contribution in [2.45, 2.75) is 84.4 Å². The number of rotatable bonds is 2. The van der Waals surface area contributed by atoms with Gasteiger partial charge < -0.3 is 4.74 Å². The van der Waals surface area contributed by atoms with Crippen molar-refractivity contribution >= 4 is 11.8 Å². The van der Waals surface area contributed by atoms with E-state index in [-0.39, 0.29) is 28.7 Å². The summed E-state index contributed by atoms with van der Waals surface area (Å²) < 4.78 is 20.9. The number of esters is 1. The molecule has 0 aromatic rings. The standard InChI is InChI=1S/C22H31FO3/c1-4-20(25)26-19-6-5-15-14-12-18(23)17-11-13(24)7-9-21(17,2)16(14)8-10-22(15,19)3/h11,14-16,18-19H,4-10,12H2,1-3H3/t14-,15-,16-,18+,19+,21+,22-/m0/s1. The summed E-state index contributed by atoms with van der Waals surface area (Å²) in [5, 5.41) is 0. The minimum atomic E-state index is -0.995. The Kier molecular flexibility index (Phi) is 4.32. The van der Waals surface area contributed by atoms with Gasteiger partial charge in [0.15, 0.2) is 5.78 Å². The molecule has 0 aliphatic heterocycles. The normalized spacial score (nSPS) is 47.5. The molecule has 4 aliphatic carbocycles. The van der Waals surface area contributed by atoms with Crippen molar-refractivity contribution in [1.82, 2.24) is 0 Å². The van der Waals surface area contributed by atoms with Crippen LogP contribution < -0.4 is 0 Å². The minimum absolute atomic E-state index is 0.0170. The molecule has 0 amide bonds. The summed E-state index contributed by atoms with van der Waals surface area (Å²) in [6.45, 7) is 6.29. The molecule has 4 rings (SSSR count). The first-order valence-electron chi connectivity index (χ1n) is 10.4. The van der Waals surface area contributed by atoms with E-state index < -0.39 is 6.17 Å². The molecule has 4 aliphatic rings. The topological polar surface area (TPSA) is 43.4 Å². The van der Waals surface area contributed by atoms with Crippen LogP contribution in [-0.4, -0.2) is 24.0 Å². The van der Waals surface area contributed by atoms with Gasteiger partial charge in [-0.3, -0.25) is 9.59 Å². The second kappa shape index (κ2) is 6.17. The summed E-state index contributed by atoms with van der Waals surface area (Å²) in [5.74, 6) is 1.18. The summed E-state index contributed by atoms with van der Waals surface area (Å²) in [7, 11) is 0. The Morgan fingerprint density at radius 2 is 2.00 bits per heavy atom. The number of carbonyl (C=O) groups excluding carboxylic acids is 2. The van der Waals surface area contributed by atoms with Crippen LogP contribution in [0.4, 0.5) is 4.39 Å². The van der Waals surface area contributed by atoms with E-state index in [1.807, 2.05) is 6.92 Å². The first kappa shape index (κ1) is 18.2. The van der Waals surface area contributed by atoms with Crippen LogP contribution in [0.1, 0.15) is 72.1 Å². The first-order valence-corrected chi connectivity index (χ1v) is 10.4.